The van der Waals surface area contributed by atoms with Crippen LogP contribution in [0.3, 0.4) is 0 Å². The van der Waals surface area contributed by atoms with Crippen LogP contribution in [0.5, 0.6) is 0 Å². The van der Waals surface area contributed by atoms with E-state index in [0.29, 0.717) is 25.9 Å². The summed E-state index contributed by atoms with van der Waals surface area (Å²) in [5.41, 5.74) is -0.667. The van der Waals surface area contributed by atoms with Gasteiger partial charge in [0.1, 0.15) is 0 Å². The summed E-state index contributed by atoms with van der Waals surface area (Å²) < 4.78 is 0. The number of carboxylic acid groups (broad SMARTS) is 1. The van der Waals surface area contributed by atoms with E-state index in [0.717, 1.165) is 4.88 Å². The molecule has 0 aliphatic carbocycles. The Balaban J connectivity index is 1.92. The van der Waals surface area contributed by atoms with Crippen LogP contribution in [0.15, 0.2) is 17.5 Å². The molecule has 0 unspecified atom stereocenters. The molecule has 7 heteroatoms. The molecule has 1 N–H and O–H groups in total. The van der Waals surface area contributed by atoms with Crippen molar-refractivity contribution in [1.82, 2.24) is 9.80 Å². The molecule has 2 heterocycles. The van der Waals surface area contributed by atoms with Gasteiger partial charge in [-0.15, -0.1) is 11.3 Å². The number of likely N-dealkylation sites (N-methyl/N-ethyl adjacent to an activating group) is 1. The van der Waals surface area contributed by atoms with Crippen molar-refractivity contribution in [3.63, 3.8) is 0 Å². The lowest BCUT2D eigenvalue weighted by atomic mass is 9.89. The molecule has 0 spiro atoms. The lowest BCUT2D eigenvalue weighted by Crippen LogP contribution is -2.48. The molecule has 1 aromatic rings. The molecule has 0 saturated carbocycles. The van der Waals surface area contributed by atoms with Gasteiger partial charge in [0.2, 0.25) is 11.8 Å². The van der Waals surface area contributed by atoms with Gasteiger partial charge in [-0.05, 0) is 38.1 Å². The maximum absolute atomic E-state index is 12.7. The van der Waals surface area contributed by atoms with Crippen molar-refractivity contribution in [3.05, 3.63) is 22.4 Å². The zero-order chi connectivity index (χ0) is 17.9. The standard InChI is InChI=1S/C17H24N2O4S/c1-17(2,13-5-4-10-24-13)16(23)18(3)11-14(20)19-8-6-12(7-9-19)15(21)22/h4-5,10,12H,6-9,11H2,1-3H3,(H,21,22). The molecule has 2 rings (SSSR count). The van der Waals surface area contributed by atoms with Gasteiger partial charge < -0.3 is 14.9 Å². The van der Waals surface area contributed by atoms with Gasteiger partial charge in [-0.25, -0.2) is 0 Å². The summed E-state index contributed by atoms with van der Waals surface area (Å²) in [5, 5.41) is 10.9. The van der Waals surface area contributed by atoms with E-state index in [1.54, 1.807) is 11.9 Å². The number of piperidine rings is 1. The Morgan fingerprint density at radius 3 is 2.46 bits per heavy atom. The fourth-order valence-corrected chi connectivity index (χ4v) is 3.81. The number of hydrogen-bond donors (Lipinski definition) is 1. The van der Waals surface area contributed by atoms with Crippen LogP contribution in [0, 0.1) is 5.92 Å². The van der Waals surface area contributed by atoms with Gasteiger partial charge in [0, 0.05) is 25.0 Å². The molecule has 1 fully saturated rings. The zero-order valence-corrected chi connectivity index (χ0v) is 15.1. The van der Waals surface area contributed by atoms with Crippen LogP contribution >= 0.6 is 11.3 Å². The fourth-order valence-electron chi connectivity index (χ4n) is 2.97. The van der Waals surface area contributed by atoms with Gasteiger partial charge in [0.25, 0.3) is 0 Å². The van der Waals surface area contributed by atoms with Crippen molar-refractivity contribution in [2.24, 2.45) is 5.92 Å². The van der Waals surface area contributed by atoms with Crippen molar-refractivity contribution in [2.45, 2.75) is 32.1 Å². The van der Waals surface area contributed by atoms with Crippen LogP contribution in [-0.2, 0) is 19.8 Å². The molecule has 0 atom stereocenters. The minimum absolute atomic E-state index is 0.0192. The summed E-state index contributed by atoms with van der Waals surface area (Å²) in [6.45, 7) is 4.62. The number of aliphatic carboxylic acids is 1. The Kier molecular flexibility index (Phi) is 5.64. The molecule has 0 radical (unpaired) electrons. The summed E-state index contributed by atoms with van der Waals surface area (Å²) in [4.78, 5) is 40.1. The Morgan fingerprint density at radius 2 is 1.96 bits per heavy atom. The van der Waals surface area contributed by atoms with Crippen LogP contribution in [0.2, 0.25) is 0 Å². The van der Waals surface area contributed by atoms with Crippen LogP contribution < -0.4 is 0 Å². The number of rotatable bonds is 5. The third-order valence-electron chi connectivity index (χ3n) is 4.59. The third-order valence-corrected chi connectivity index (χ3v) is 5.78. The lowest BCUT2D eigenvalue weighted by molar-refractivity contribution is -0.147. The maximum atomic E-state index is 12.7. The van der Waals surface area contributed by atoms with Gasteiger partial charge in [-0.1, -0.05) is 6.07 Å². The summed E-state index contributed by atoms with van der Waals surface area (Å²) in [6, 6.07) is 3.84. The molecule has 0 aromatic carbocycles. The van der Waals surface area contributed by atoms with E-state index in [9.17, 15) is 14.4 Å². The average Bonchev–Trinajstić information content (AvgIpc) is 3.09. The van der Waals surface area contributed by atoms with Gasteiger partial charge in [0.05, 0.1) is 17.9 Å². The Hall–Kier alpha value is -1.89. The summed E-state index contributed by atoms with van der Waals surface area (Å²) >= 11 is 1.53. The van der Waals surface area contributed by atoms with E-state index >= 15 is 0 Å². The number of likely N-dealkylation sites (tertiary alicyclic amines) is 1. The van der Waals surface area contributed by atoms with Crippen LogP contribution in [0.4, 0.5) is 0 Å². The number of hydrogen-bond acceptors (Lipinski definition) is 4. The van der Waals surface area contributed by atoms with Crippen molar-refractivity contribution in [3.8, 4) is 0 Å². The van der Waals surface area contributed by atoms with E-state index in [2.05, 4.69) is 0 Å². The number of amides is 2. The average molecular weight is 352 g/mol. The van der Waals surface area contributed by atoms with Gasteiger partial charge >= 0.3 is 5.97 Å². The van der Waals surface area contributed by atoms with Crippen LogP contribution in [0.1, 0.15) is 31.6 Å². The molecule has 1 saturated heterocycles. The molecule has 24 heavy (non-hydrogen) atoms. The molecule has 2 amide bonds. The molecule has 1 aliphatic rings. The topological polar surface area (TPSA) is 77.9 Å². The van der Waals surface area contributed by atoms with E-state index < -0.39 is 11.4 Å². The third kappa shape index (κ3) is 3.95. The van der Waals surface area contributed by atoms with Gasteiger partial charge in [0.15, 0.2) is 0 Å². The van der Waals surface area contributed by atoms with E-state index in [4.69, 9.17) is 5.11 Å². The number of carboxylic acids is 1. The molecular weight excluding hydrogens is 328 g/mol. The zero-order valence-electron chi connectivity index (χ0n) is 14.3. The highest BCUT2D eigenvalue weighted by molar-refractivity contribution is 7.10. The van der Waals surface area contributed by atoms with Gasteiger partial charge in [-0.3, -0.25) is 14.4 Å². The number of carbonyl (C=O) groups excluding carboxylic acids is 2. The van der Waals surface area contributed by atoms with E-state index in [-0.39, 0.29) is 24.3 Å². The predicted molar refractivity (Wildman–Crippen MR) is 91.9 cm³/mol. The largest absolute Gasteiger partial charge is 0.481 e. The molecule has 1 aliphatic heterocycles. The Bertz CT molecular complexity index is 604. The Morgan fingerprint density at radius 1 is 1.33 bits per heavy atom. The molecule has 0 bridgehead atoms. The SMILES string of the molecule is CN(CC(=O)N1CCC(C(=O)O)CC1)C(=O)C(C)(C)c1cccs1. The van der Waals surface area contributed by atoms with Crippen molar-refractivity contribution >= 4 is 29.1 Å². The lowest BCUT2D eigenvalue weighted by Gasteiger charge is -2.33. The first-order chi connectivity index (χ1) is 11.2. The van der Waals surface area contributed by atoms with Crippen LogP contribution in [0.25, 0.3) is 0 Å². The van der Waals surface area contributed by atoms with Crippen molar-refractivity contribution in [1.29, 1.82) is 0 Å². The molecule has 132 valence electrons. The summed E-state index contributed by atoms with van der Waals surface area (Å²) in [7, 11) is 1.64. The number of thiophene rings is 1. The smallest absolute Gasteiger partial charge is 0.306 e. The first-order valence-electron chi connectivity index (χ1n) is 8.03. The quantitative estimate of drug-likeness (QED) is 0.877. The molecular formula is C17H24N2O4S. The van der Waals surface area contributed by atoms with Crippen molar-refractivity contribution in [2.75, 3.05) is 26.7 Å². The summed E-state index contributed by atoms with van der Waals surface area (Å²) in [5.74, 6) is -1.39. The van der Waals surface area contributed by atoms with E-state index in [1.165, 1.54) is 16.2 Å². The first kappa shape index (κ1) is 18.4. The predicted octanol–water partition coefficient (Wildman–Crippen LogP) is 1.81. The highest BCUT2D eigenvalue weighted by atomic mass is 32.1. The van der Waals surface area contributed by atoms with E-state index in [1.807, 2.05) is 31.4 Å². The second kappa shape index (κ2) is 7.34. The maximum Gasteiger partial charge on any atom is 0.306 e. The Labute approximate surface area is 146 Å². The number of nitrogens with zero attached hydrogens (tertiary/aromatic N) is 2. The monoisotopic (exact) mass is 352 g/mol. The molecule has 1 aromatic heterocycles. The number of carbonyl (C=O) groups is 3. The van der Waals surface area contributed by atoms with Crippen LogP contribution in [-0.4, -0.2) is 59.4 Å². The highest BCUT2D eigenvalue weighted by Crippen LogP contribution is 2.29. The van der Waals surface area contributed by atoms with Crippen molar-refractivity contribution < 1.29 is 19.5 Å². The molecule has 6 nitrogen and oxygen atoms in total. The first-order valence-corrected chi connectivity index (χ1v) is 8.91. The minimum atomic E-state index is -0.799. The summed E-state index contributed by atoms with van der Waals surface area (Å²) in [6.07, 6.45) is 0.943. The van der Waals surface area contributed by atoms with Gasteiger partial charge in [-0.2, -0.15) is 0 Å². The second-order valence-corrected chi connectivity index (χ2v) is 7.70. The minimum Gasteiger partial charge on any atom is -0.481 e. The second-order valence-electron chi connectivity index (χ2n) is 6.76. The normalized spacial score (nSPS) is 16.0. The highest BCUT2D eigenvalue weighted by Gasteiger charge is 2.35. The fraction of sp³-hybridized carbons (Fsp3) is 0.588.